The van der Waals surface area contributed by atoms with E-state index in [1.165, 1.54) is 12.1 Å². The number of hydrogen-bond donors (Lipinski definition) is 2. The Morgan fingerprint density at radius 3 is 2.46 bits per heavy atom. The molecule has 1 rings (SSSR count). The molecule has 0 aliphatic carbocycles. The standard InChI is InChI=1S/C8H6BrClO3/c9-8(10)7(13)4-1-2-5(11)6(12)3-4/h1-3,8,11-12H. The van der Waals surface area contributed by atoms with Crippen molar-refractivity contribution in [3.63, 3.8) is 0 Å². The van der Waals surface area contributed by atoms with Gasteiger partial charge in [-0.05, 0) is 18.2 Å². The van der Waals surface area contributed by atoms with Crippen LogP contribution in [0, 0.1) is 0 Å². The molecule has 1 aromatic carbocycles. The van der Waals surface area contributed by atoms with E-state index in [0.29, 0.717) is 0 Å². The van der Waals surface area contributed by atoms with Gasteiger partial charge in [-0.15, -0.1) is 11.6 Å². The molecule has 0 saturated heterocycles. The van der Waals surface area contributed by atoms with E-state index in [2.05, 4.69) is 15.9 Å². The molecule has 0 aliphatic heterocycles. The van der Waals surface area contributed by atoms with Crippen molar-refractivity contribution >= 4 is 33.3 Å². The van der Waals surface area contributed by atoms with Crippen LogP contribution in [0.15, 0.2) is 18.2 Å². The zero-order chi connectivity index (χ0) is 10.0. The normalized spacial score (nSPS) is 12.5. The fourth-order valence-electron chi connectivity index (χ4n) is 0.803. The minimum Gasteiger partial charge on any atom is -0.504 e. The van der Waals surface area contributed by atoms with Gasteiger partial charge in [0, 0.05) is 5.56 Å². The van der Waals surface area contributed by atoms with Crippen molar-refractivity contribution in [2.45, 2.75) is 4.29 Å². The highest BCUT2D eigenvalue weighted by atomic mass is 79.9. The van der Waals surface area contributed by atoms with Crippen LogP contribution in [-0.2, 0) is 0 Å². The van der Waals surface area contributed by atoms with Crippen molar-refractivity contribution in [3.05, 3.63) is 23.8 Å². The second kappa shape index (κ2) is 3.98. The lowest BCUT2D eigenvalue weighted by Crippen LogP contribution is -2.06. The predicted molar refractivity (Wildman–Crippen MR) is 52.7 cm³/mol. The highest BCUT2D eigenvalue weighted by Gasteiger charge is 2.14. The Hall–Kier alpha value is -0.740. The summed E-state index contributed by atoms with van der Waals surface area (Å²) in [5, 5.41) is 18.0. The topological polar surface area (TPSA) is 57.5 Å². The van der Waals surface area contributed by atoms with Crippen LogP contribution in [0.25, 0.3) is 0 Å². The molecule has 0 bridgehead atoms. The van der Waals surface area contributed by atoms with Gasteiger partial charge in [0.15, 0.2) is 21.6 Å². The van der Waals surface area contributed by atoms with E-state index in [4.69, 9.17) is 21.8 Å². The highest BCUT2D eigenvalue weighted by molar-refractivity contribution is 9.10. The number of hydrogen-bond acceptors (Lipinski definition) is 3. The number of rotatable bonds is 2. The first-order chi connectivity index (χ1) is 6.02. The van der Waals surface area contributed by atoms with Crippen LogP contribution in [0.1, 0.15) is 10.4 Å². The van der Waals surface area contributed by atoms with Crippen molar-refractivity contribution < 1.29 is 15.0 Å². The third-order valence-electron chi connectivity index (χ3n) is 1.46. The van der Waals surface area contributed by atoms with Crippen LogP contribution in [0.2, 0.25) is 0 Å². The van der Waals surface area contributed by atoms with Crippen LogP contribution in [0.4, 0.5) is 0 Å². The molecule has 13 heavy (non-hydrogen) atoms. The summed E-state index contributed by atoms with van der Waals surface area (Å²) in [5.41, 5.74) is 0.243. The first kappa shape index (κ1) is 10.3. The number of alkyl halides is 2. The Labute approximate surface area is 88.1 Å². The Bertz CT molecular complexity index is 338. The number of ketones is 1. The number of Topliss-reactive ketones (excluding diaryl/α,β-unsaturated/α-hetero) is 1. The van der Waals surface area contributed by atoms with Crippen LogP contribution >= 0.6 is 27.5 Å². The molecule has 5 heteroatoms. The number of phenolic OH excluding ortho intramolecular Hbond substituents is 2. The van der Waals surface area contributed by atoms with E-state index in [9.17, 15) is 4.79 Å². The molecule has 0 radical (unpaired) electrons. The van der Waals surface area contributed by atoms with Gasteiger partial charge in [-0.2, -0.15) is 0 Å². The third kappa shape index (κ3) is 2.35. The number of carbonyl (C=O) groups is 1. The second-order valence-corrected chi connectivity index (χ2v) is 4.25. The van der Waals surface area contributed by atoms with Crippen LogP contribution in [-0.4, -0.2) is 20.3 Å². The SMILES string of the molecule is O=C(c1ccc(O)c(O)c1)C(Cl)Br. The molecular weight excluding hydrogens is 259 g/mol. The van der Waals surface area contributed by atoms with Gasteiger partial charge in [-0.25, -0.2) is 0 Å². The molecule has 0 heterocycles. The quantitative estimate of drug-likeness (QED) is 0.490. The minimum absolute atomic E-state index is 0.243. The minimum atomic E-state index is -0.823. The molecule has 0 spiro atoms. The maximum absolute atomic E-state index is 11.2. The molecule has 0 aromatic heterocycles. The largest absolute Gasteiger partial charge is 0.504 e. The van der Waals surface area contributed by atoms with Gasteiger partial charge in [0.25, 0.3) is 0 Å². The van der Waals surface area contributed by atoms with E-state index in [1.807, 2.05) is 0 Å². The number of carbonyl (C=O) groups excluding carboxylic acids is 1. The molecule has 0 fully saturated rings. The molecular formula is C8H6BrClO3. The lowest BCUT2D eigenvalue weighted by Gasteiger charge is -2.02. The molecule has 0 amide bonds. The number of aromatic hydroxyl groups is 2. The zero-order valence-electron chi connectivity index (χ0n) is 6.37. The zero-order valence-corrected chi connectivity index (χ0v) is 8.71. The van der Waals surface area contributed by atoms with Crippen LogP contribution in [0.3, 0.4) is 0 Å². The molecule has 0 saturated carbocycles. The predicted octanol–water partition coefficient (Wildman–Crippen LogP) is 2.24. The first-order valence-electron chi connectivity index (χ1n) is 3.36. The van der Waals surface area contributed by atoms with Crippen LogP contribution < -0.4 is 0 Å². The molecule has 0 aliphatic rings. The van der Waals surface area contributed by atoms with Crippen molar-refractivity contribution in [1.82, 2.24) is 0 Å². The van der Waals surface area contributed by atoms with Gasteiger partial charge in [0.05, 0.1) is 0 Å². The van der Waals surface area contributed by atoms with Gasteiger partial charge in [0.2, 0.25) is 0 Å². The molecule has 1 unspecified atom stereocenters. The van der Waals surface area contributed by atoms with Crippen molar-refractivity contribution in [1.29, 1.82) is 0 Å². The number of benzene rings is 1. The maximum Gasteiger partial charge on any atom is 0.191 e. The van der Waals surface area contributed by atoms with E-state index >= 15 is 0 Å². The molecule has 1 aromatic rings. The van der Waals surface area contributed by atoms with Crippen molar-refractivity contribution in [2.75, 3.05) is 0 Å². The van der Waals surface area contributed by atoms with Gasteiger partial charge in [0.1, 0.15) is 0 Å². The smallest absolute Gasteiger partial charge is 0.191 e. The van der Waals surface area contributed by atoms with Gasteiger partial charge < -0.3 is 10.2 Å². The van der Waals surface area contributed by atoms with Gasteiger partial charge >= 0.3 is 0 Å². The Kier molecular flexibility index (Phi) is 3.17. The van der Waals surface area contributed by atoms with E-state index in [1.54, 1.807) is 0 Å². The average molecular weight is 265 g/mol. The van der Waals surface area contributed by atoms with E-state index in [-0.39, 0.29) is 22.8 Å². The maximum atomic E-state index is 11.2. The molecule has 1 atom stereocenters. The Morgan fingerprint density at radius 2 is 2.00 bits per heavy atom. The third-order valence-corrected chi connectivity index (χ3v) is 2.07. The Balaban J connectivity index is 3.04. The summed E-state index contributed by atoms with van der Waals surface area (Å²) in [7, 11) is 0. The number of phenols is 2. The second-order valence-electron chi connectivity index (χ2n) is 2.37. The first-order valence-corrected chi connectivity index (χ1v) is 4.72. The molecule has 3 nitrogen and oxygen atoms in total. The summed E-state index contributed by atoms with van der Waals surface area (Å²) in [6, 6.07) is 3.77. The molecule has 70 valence electrons. The summed E-state index contributed by atoms with van der Waals surface area (Å²) >= 11 is 8.37. The highest BCUT2D eigenvalue weighted by Crippen LogP contribution is 2.26. The monoisotopic (exact) mass is 264 g/mol. The fourth-order valence-corrected chi connectivity index (χ4v) is 1.19. The van der Waals surface area contributed by atoms with E-state index in [0.717, 1.165) is 6.07 Å². The van der Waals surface area contributed by atoms with Gasteiger partial charge in [-0.3, -0.25) is 4.79 Å². The van der Waals surface area contributed by atoms with Crippen molar-refractivity contribution in [2.24, 2.45) is 0 Å². The Morgan fingerprint density at radius 1 is 1.38 bits per heavy atom. The number of halogens is 2. The van der Waals surface area contributed by atoms with E-state index < -0.39 is 4.29 Å². The van der Waals surface area contributed by atoms with Crippen LogP contribution in [0.5, 0.6) is 11.5 Å². The lowest BCUT2D eigenvalue weighted by atomic mass is 10.1. The molecule has 2 N–H and O–H groups in total. The summed E-state index contributed by atoms with van der Waals surface area (Å²) in [4.78, 5) is 11.2. The van der Waals surface area contributed by atoms with Crippen molar-refractivity contribution in [3.8, 4) is 11.5 Å². The fraction of sp³-hybridized carbons (Fsp3) is 0.125. The summed E-state index contributed by atoms with van der Waals surface area (Å²) in [6.07, 6.45) is 0. The van der Waals surface area contributed by atoms with Gasteiger partial charge in [-0.1, -0.05) is 15.9 Å². The summed E-state index contributed by atoms with van der Waals surface area (Å²) in [6.45, 7) is 0. The summed E-state index contributed by atoms with van der Waals surface area (Å²) in [5.74, 6) is -0.968. The summed E-state index contributed by atoms with van der Waals surface area (Å²) < 4.78 is -0.823. The lowest BCUT2D eigenvalue weighted by molar-refractivity contribution is 0.101. The average Bonchev–Trinajstić information content (AvgIpc) is 2.08.